The molecule has 0 saturated heterocycles. The molecule has 0 fully saturated rings. The van der Waals surface area contributed by atoms with Crippen LogP contribution in [0.15, 0.2) is 23.6 Å². The Morgan fingerprint density at radius 2 is 2.20 bits per heavy atom. The van der Waals surface area contributed by atoms with Crippen molar-refractivity contribution >= 4 is 0 Å². The molecule has 1 aliphatic rings. The van der Waals surface area contributed by atoms with Gasteiger partial charge < -0.3 is 25.1 Å². The molecule has 5 heteroatoms. The fraction of sp³-hybridized carbons (Fsp3) is 0.600. The van der Waals surface area contributed by atoms with E-state index in [-0.39, 0.29) is 5.76 Å². The second-order valence-corrected chi connectivity index (χ2v) is 3.16. The van der Waals surface area contributed by atoms with Crippen LogP contribution in [-0.4, -0.2) is 37.8 Å². The van der Waals surface area contributed by atoms with Crippen molar-refractivity contribution < 1.29 is 19.3 Å². The van der Waals surface area contributed by atoms with Gasteiger partial charge in [0.1, 0.15) is 6.10 Å². The van der Waals surface area contributed by atoms with Crippen LogP contribution in [0.5, 0.6) is 0 Å². The normalized spacial score (nSPS) is 31.0. The highest BCUT2D eigenvalue weighted by molar-refractivity contribution is 5.31. The van der Waals surface area contributed by atoms with Gasteiger partial charge in [-0.3, -0.25) is 0 Å². The standard InChI is InChI=1S/C10H17NO4/c1-4-15-10(14-3)8(12)5-7(11)6-9(10)13-2/h5-6,9,12H,4,11H2,1-3H3. The lowest BCUT2D eigenvalue weighted by Crippen LogP contribution is -2.50. The molecule has 15 heavy (non-hydrogen) atoms. The molecule has 0 heterocycles. The lowest BCUT2D eigenvalue weighted by Gasteiger charge is -2.37. The highest BCUT2D eigenvalue weighted by Crippen LogP contribution is 2.32. The number of aliphatic hydroxyl groups is 1. The number of hydrogen-bond donors (Lipinski definition) is 2. The smallest absolute Gasteiger partial charge is 0.258 e. The summed E-state index contributed by atoms with van der Waals surface area (Å²) < 4.78 is 15.8. The Kier molecular flexibility index (Phi) is 3.73. The molecule has 0 aromatic rings. The number of aliphatic hydroxyl groups excluding tert-OH is 1. The van der Waals surface area contributed by atoms with Crippen molar-refractivity contribution in [2.24, 2.45) is 5.73 Å². The molecule has 0 radical (unpaired) electrons. The molecule has 0 aliphatic heterocycles. The Morgan fingerprint density at radius 3 is 2.67 bits per heavy atom. The maximum absolute atomic E-state index is 9.83. The number of ether oxygens (including phenoxy) is 3. The molecule has 5 nitrogen and oxygen atoms in total. The summed E-state index contributed by atoms with van der Waals surface area (Å²) in [6.45, 7) is 2.20. The van der Waals surface area contributed by atoms with Crippen LogP contribution in [0.25, 0.3) is 0 Å². The van der Waals surface area contributed by atoms with E-state index in [0.717, 1.165) is 0 Å². The SMILES string of the molecule is CCOC1(OC)C(O)=CC(N)=CC1OC. The van der Waals surface area contributed by atoms with Crippen molar-refractivity contribution in [2.75, 3.05) is 20.8 Å². The first-order valence-electron chi connectivity index (χ1n) is 4.71. The number of methoxy groups -OCH3 is 2. The van der Waals surface area contributed by atoms with Gasteiger partial charge >= 0.3 is 0 Å². The van der Waals surface area contributed by atoms with Crippen LogP contribution in [0.2, 0.25) is 0 Å². The topological polar surface area (TPSA) is 73.9 Å². The molecule has 86 valence electrons. The zero-order chi connectivity index (χ0) is 11.5. The largest absolute Gasteiger partial charge is 0.507 e. The average molecular weight is 215 g/mol. The van der Waals surface area contributed by atoms with Crippen LogP contribution in [0.1, 0.15) is 6.92 Å². The Morgan fingerprint density at radius 1 is 1.53 bits per heavy atom. The number of rotatable bonds is 4. The Bertz CT molecular complexity index is 287. The first-order chi connectivity index (χ1) is 7.10. The maximum atomic E-state index is 9.83. The van der Waals surface area contributed by atoms with E-state index in [4.69, 9.17) is 19.9 Å². The summed E-state index contributed by atoms with van der Waals surface area (Å²) in [4.78, 5) is 0. The molecular formula is C10H17NO4. The van der Waals surface area contributed by atoms with Crippen molar-refractivity contribution in [2.45, 2.75) is 18.8 Å². The predicted octanol–water partition coefficient (Wildman–Crippen LogP) is 0.679. The molecule has 3 N–H and O–H groups in total. The quantitative estimate of drug-likeness (QED) is 0.674. The number of nitrogens with two attached hydrogens (primary N) is 1. The molecule has 2 atom stereocenters. The van der Waals surface area contributed by atoms with E-state index in [1.54, 1.807) is 6.08 Å². The molecule has 0 amide bonds. The van der Waals surface area contributed by atoms with Crippen molar-refractivity contribution in [3.63, 3.8) is 0 Å². The zero-order valence-corrected chi connectivity index (χ0v) is 9.19. The van der Waals surface area contributed by atoms with E-state index < -0.39 is 11.9 Å². The zero-order valence-electron chi connectivity index (χ0n) is 9.19. The van der Waals surface area contributed by atoms with E-state index in [1.165, 1.54) is 20.3 Å². The number of allylic oxidation sites excluding steroid dienone is 1. The van der Waals surface area contributed by atoms with Gasteiger partial charge in [0, 0.05) is 32.6 Å². The summed E-state index contributed by atoms with van der Waals surface area (Å²) in [5, 5.41) is 9.83. The summed E-state index contributed by atoms with van der Waals surface area (Å²) in [6, 6.07) is 0. The third-order valence-corrected chi connectivity index (χ3v) is 2.29. The van der Waals surface area contributed by atoms with Gasteiger partial charge in [-0.05, 0) is 13.0 Å². The molecule has 2 unspecified atom stereocenters. The van der Waals surface area contributed by atoms with E-state index in [2.05, 4.69) is 0 Å². The fourth-order valence-corrected chi connectivity index (χ4v) is 1.61. The molecule has 0 spiro atoms. The first-order valence-corrected chi connectivity index (χ1v) is 4.71. The van der Waals surface area contributed by atoms with E-state index in [9.17, 15) is 5.11 Å². The molecule has 0 aromatic carbocycles. The van der Waals surface area contributed by atoms with Crippen LogP contribution >= 0.6 is 0 Å². The lowest BCUT2D eigenvalue weighted by atomic mass is 10.00. The highest BCUT2D eigenvalue weighted by Gasteiger charge is 2.46. The van der Waals surface area contributed by atoms with Crippen molar-refractivity contribution in [1.29, 1.82) is 0 Å². The second-order valence-electron chi connectivity index (χ2n) is 3.16. The average Bonchev–Trinajstić information content (AvgIpc) is 2.21. The van der Waals surface area contributed by atoms with Gasteiger partial charge in [-0.2, -0.15) is 0 Å². The minimum absolute atomic E-state index is 0.0845. The Balaban J connectivity index is 3.07. The summed E-state index contributed by atoms with van der Waals surface area (Å²) in [5.41, 5.74) is 6.02. The van der Waals surface area contributed by atoms with E-state index >= 15 is 0 Å². The van der Waals surface area contributed by atoms with Gasteiger partial charge in [-0.25, -0.2) is 0 Å². The molecule has 1 rings (SSSR count). The van der Waals surface area contributed by atoms with Crippen molar-refractivity contribution in [1.82, 2.24) is 0 Å². The van der Waals surface area contributed by atoms with Crippen LogP contribution in [0, 0.1) is 0 Å². The van der Waals surface area contributed by atoms with Crippen LogP contribution in [0.4, 0.5) is 0 Å². The minimum atomic E-state index is -1.29. The predicted molar refractivity (Wildman–Crippen MR) is 55.1 cm³/mol. The van der Waals surface area contributed by atoms with Crippen molar-refractivity contribution in [3.8, 4) is 0 Å². The first kappa shape index (κ1) is 12.0. The van der Waals surface area contributed by atoms with Gasteiger partial charge in [0.05, 0.1) is 0 Å². The van der Waals surface area contributed by atoms with Crippen LogP contribution in [0.3, 0.4) is 0 Å². The molecule has 0 aromatic heterocycles. The Labute approximate surface area is 89.1 Å². The van der Waals surface area contributed by atoms with Gasteiger partial charge in [0.15, 0.2) is 5.76 Å². The molecule has 0 saturated carbocycles. The third-order valence-electron chi connectivity index (χ3n) is 2.29. The molecular weight excluding hydrogens is 198 g/mol. The fourth-order valence-electron chi connectivity index (χ4n) is 1.61. The summed E-state index contributed by atoms with van der Waals surface area (Å²) in [7, 11) is 2.95. The number of hydrogen-bond acceptors (Lipinski definition) is 5. The van der Waals surface area contributed by atoms with Crippen LogP contribution < -0.4 is 5.73 Å². The molecule has 1 aliphatic carbocycles. The van der Waals surface area contributed by atoms with Crippen LogP contribution in [-0.2, 0) is 14.2 Å². The van der Waals surface area contributed by atoms with Crippen molar-refractivity contribution in [3.05, 3.63) is 23.6 Å². The molecule has 0 bridgehead atoms. The van der Waals surface area contributed by atoms with E-state index in [0.29, 0.717) is 12.3 Å². The van der Waals surface area contributed by atoms with E-state index in [1.807, 2.05) is 6.92 Å². The minimum Gasteiger partial charge on any atom is -0.507 e. The Hall–Kier alpha value is -1.04. The second kappa shape index (κ2) is 4.65. The van der Waals surface area contributed by atoms with Gasteiger partial charge in [-0.1, -0.05) is 0 Å². The maximum Gasteiger partial charge on any atom is 0.258 e. The van der Waals surface area contributed by atoms with Gasteiger partial charge in [-0.15, -0.1) is 0 Å². The summed E-state index contributed by atoms with van der Waals surface area (Å²) >= 11 is 0. The summed E-state index contributed by atoms with van der Waals surface area (Å²) in [5.74, 6) is -1.37. The van der Waals surface area contributed by atoms with Gasteiger partial charge in [0.2, 0.25) is 0 Å². The highest BCUT2D eigenvalue weighted by atomic mass is 16.7. The monoisotopic (exact) mass is 215 g/mol. The third kappa shape index (κ3) is 1.99. The summed E-state index contributed by atoms with van der Waals surface area (Å²) in [6.07, 6.45) is 2.47. The van der Waals surface area contributed by atoms with Gasteiger partial charge in [0.25, 0.3) is 5.79 Å². The lowest BCUT2D eigenvalue weighted by molar-refractivity contribution is -0.255.